The van der Waals surface area contributed by atoms with Crippen LogP contribution in [0.1, 0.15) is 38.8 Å². The summed E-state index contributed by atoms with van der Waals surface area (Å²) in [5.74, 6) is -0.309. The highest BCUT2D eigenvalue weighted by Crippen LogP contribution is 2.42. The monoisotopic (exact) mass is 404 g/mol. The minimum Gasteiger partial charge on any atom is -0.508 e. The highest BCUT2D eigenvalue weighted by atomic mass is 35.5. The van der Waals surface area contributed by atoms with Gasteiger partial charge < -0.3 is 9.84 Å². The molecule has 0 saturated carbocycles. The second kappa shape index (κ2) is 6.66. The van der Waals surface area contributed by atoms with E-state index < -0.39 is 11.2 Å². The van der Waals surface area contributed by atoms with Gasteiger partial charge in [-0.2, -0.15) is 0 Å². The molecule has 2 aromatic rings. The normalized spacial score (nSPS) is 18.7. The first-order chi connectivity index (χ1) is 12.4. The van der Waals surface area contributed by atoms with E-state index >= 15 is 0 Å². The lowest BCUT2D eigenvalue weighted by Crippen LogP contribution is -2.49. The minimum absolute atomic E-state index is 0.0609. The SMILES string of the molecule is Cc1ccc(-c2ccc(Cl)cc2Cl)cc1C1=C(O)C(C)(C)OC(C)(C)C1=O. The van der Waals surface area contributed by atoms with Crippen LogP contribution in [0.15, 0.2) is 42.2 Å². The molecule has 3 rings (SSSR count). The van der Waals surface area contributed by atoms with Crippen molar-refractivity contribution in [2.45, 2.75) is 45.8 Å². The van der Waals surface area contributed by atoms with Crippen molar-refractivity contribution in [3.8, 4) is 11.1 Å². The van der Waals surface area contributed by atoms with Gasteiger partial charge in [-0.1, -0.05) is 41.4 Å². The molecule has 0 unspecified atom stereocenters. The van der Waals surface area contributed by atoms with Crippen LogP contribution in [0.3, 0.4) is 0 Å². The third kappa shape index (κ3) is 3.52. The number of hydrogen-bond acceptors (Lipinski definition) is 3. The average Bonchev–Trinajstić information content (AvgIpc) is 2.55. The van der Waals surface area contributed by atoms with Crippen molar-refractivity contribution in [2.24, 2.45) is 0 Å². The fourth-order valence-corrected chi connectivity index (χ4v) is 3.99. The zero-order valence-electron chi connectivity index (χ0n) is 16.0. The Kier molecular flexibility index (Phi) is 4.92. The minimum atomic E-state index is -1.04. The Morgan fingerprint density at radius 1 is 0.926 bits per heavy atom. The number of carbonyl (C=O) groups excluding carboxylic acids is 1. The van der Waals surface area contributed by atoms with Gasteiger partial charge in [0.1, 0.15) is 17.0 Å². The molecule has 0 saturated heterocycles. The quantitative estimate of drug-likeness (QED) is 0.629. The van der Waals surface area contributed by atoms with Gasteiger partial charge in [0, 0.05) is 15.6 Å². The summed E-state index contributed by atoms with van der Waals surface area (Å²) in [6.07, 6.45) is 0. The number of aryl methyl sites for hydroxylation is 1. The van der Waals surface area contributed by atoms with E-state index in [2.05, 4.69) is 0 Å². The number of ether oxygens (including phenoxy) is 1. The van der Waals surface area contributed by atoms with Gasteiger partial charge in [0.05, 0.1) is 5.57 Å². The van der Waals surface area contributed by atoms with Crippen LogP contribution in [0, 0.1) is 6.92 Å². The standard InChI is InChI=1S/C22H22Cl2O3/c1-12-6-7-13(15-9-8-14(23)11-17(15)24)10-16(12)18-19(25)21(2,3)27-22(4,5)20(18)26/h6-11,25H,1-5H3. The highest BCUT2D eigenvalue weighted by molar-refractivity contribution is 6.36. The van der Waals surface area contributed by atoms with Crippen LogP contribution < -0.4 is 0 Å². The highest BCUT2D eigenvalue weighted by Gasteiger charge is 2.47. The predicted molar refractivity (Wildman–Crippen MR) is 110 cm³/mol. The molecule has 0 aliphatic carbocycles. The average molecular weight is 405 g/mol. The molecule has 3 nitrogen and oxygen atoms in total. The van der Waals surface area contributed by atoms with Gasteiger partial charge in [0.2, 0.25) is 0 Å². The molecule has 0 atom stereocenters. The first-order valence-electron chi connectivity index (χ1n) is 8.69. The molecular formula is C22H22Cl2O3. The van der Waals surface area contributed by atoms with Crippen LogP contribution >= 0.6 is 23.2 Å². The molecule has 0 radical (unpaired) electrons. The number of benzene rings is 2. The van der Waals surface area contributed by atoms with Crippen LogP contribution in [0.4, 0.5) is 0 Å². The molecule has 1 heterocycles. The first kappa shape index (κ1) is 19.9. The van der Waals surface area contributed by atoms with Gasteiger partial charge in [-0.15, -0.1) is 0 Å². The molecule has 142 valence electrons. The lowest BCUT2D eigenvalue weighted by molar-refractivity contribution is -0.158. The Morgan fingerprint density at radius 2 is 1.59 bits per heavy atom. The van der Waals surface area contributed by atoms with Gasteiger partial charge >= 0.3 is 0 Å². The first-order valence-corrected chi connectivity index (χ1v) is 9.45. The lowest BCUT2D eigenvalue weighted by atomic mass is 9.81. The molecule has 27 heavy (non-hydrogen) atoms. The van der Waals surface area contributed by atoms with E-state index in [9.17, 15) is 9.90 Å². The summed E-state index contributed by atoms with van der Waals surface area (Å²) in [5, 5.41) is 11.9. The maximum Gasteiger partial charge on any atom is 0.198 e. The zero-order valence-corrected chi connectivity index (χ0v) is 17.5. The van der Waals surface area contributed by atoms with Crippen LogP contribution in [0.2, 0.25) is 10.0 Å². The second-order valence-corrected chi connectivity index (χ2v) is 8.67. The maximum absolute atomic E-state index is 13.1. The van der Waals surface area contributed by atoms with Crippen LogP contribution in [0.25, 0.3) is 16.7 Å². The number of rotatable bonds is 2. The van der Waals surface area contributed by atoms with Crippen molar-refractivity contribution < 1.29 is 14.6 Å². The Balaban J connectivity index is 2.24. The number of aliphatic hydroxyl groups is 1. The smallest absolute Gasteiger partial charge is 0.198 e. The number of ketones is 1. The van der Waals surface area contributed by atoms with E-state index in [0.717, 1.165) is 16.7 Å². The second-order valence-electron chi connectivity index (χ2n) is 7.83. The largest absolute Gasteiger partial charge is 0.508 e. The van der Waals surface area contributed by atoms with Crippen LogP contribution in [-0.4, -0.2) is 22.1 Å². The van der Waals surface area contributed by atoms with Crippen molar-refractivity contribution in [3.63, 3.8) is 0 Å². The molecule has 0 aromatic heterocycles. The third-order valence-corrected chi connectivity index (χ3v) is 5.39. The van der Waals surface area contributed by atoms with E-state index in [1.807, 2.05) is 31.2 Å². The Labute approximate surface area is 169 Å². The third-order valence-electron chi connectivity index (χ3n) is 4.84. The number of hydrogen-bond donors (Lipinski definition) is 1. The molecule has 0 bridgehead atoms. The Morgan fingerprint density at radius 3 is 2.22 bits per heavy atom. The molecular weight excluding hydrogens is 383 g/mol. The maximum atomic E-state index is 13.1. The van der Waals surface area contributed by atoms with Crippen molar-refractivity contribution in [2.75, 3.05) is 0 Å². The summed E-state index contributed by atoms with van der Waals surface area (Å²) in [5.41, 5.74) is 1.49. The van der Waals surface area contributed by atoms with Gasteiger partial charge in [0.15, 0.2) is 5.78 Å². The molecule has 5 heteroatoms. The van der Waals surface area contributed by atoms with Gasteiger partial charge in [0.25, 0.3) is 0 Å². The molecule has 1 aliphatic rings. The molecule has 1 N–H and O–H groups in total. The van der Waals surface area contributed by atoms with E-state index in [1.165, 1.54) is 0 Å². The number of Topliss-reactive ketones (excluding diaryl/α,β-unsaturated/α-hetero) is 1. The number of halogens is 2. The molecule has 2 aromatic carbocycles. The van der Waals surface area contributed by atoms with Gasteiger partial charge in [-0.25, -0.2) is 0 Å². The summed E-state index contributed by atoms with van der Waals surface area (Å²) < 4.78 is 5.83. The molecule has 0 spiro atoms. The molecule has 0 amide bonds. The number of carbonyl (C=O) groups is 1. The summed E-state index contributed by atoms with van der Waals surface area (Å²) in [6, 6.07) is 11.0. The van der Waals surface area contributed by atoms with E-state index in [4.69, 9.17) is 27.9 Å². The topological polar surface area (TPSA) is 46.5 Å². The summed E-state index contributed by atoms with van der Waals surface area (Å²) in [6.45, 7) is 8.86. The van der Waals surface area contributed by atoms with Crippen molar-refractivity contribution in [3.05, 3.63) is 63.3 Å². The van der Waals surface area contributed by atoms with Crippen molar-refractivity contribution in [1.82, 2.24) is 0 Å². The summed E-state index contributed by atoms with van der Waals surface area (Å²) in [4.78, 5) is 13.1. The van der Waals surface area contributed by atoms with Crippen LogP contribution in [0.5, 0.6) is 0 Å². The fourth-order valence-electron chi connectivity index (χ4n) is 3.47. The Hall–Kier alpha value is -1.81. The molecule has 1 aliphatic heterocycles. The van der Waals surface area contributed by atoms with Crippen molar-refractivity contribution in [1.29, 1.82) is 0 Å². The lowest BCUT2D eigenvalue weighted by Gasteiger charge is -2.40. The van der Waals surface area contributed by atoms with E-state index in [1.54, 1.807) is 39.8 Å². The van der Waals surface area contributed by atoms with E-state index in [0.29, 0.717) is 21.2 Å². The van der Waals surface area contributed by atoms with Crippen LogP contribution in [-0.2, 0) is 9.53 Å². The van der Waals surface area contributed by atoms with E-state index in [-0.39, 0.29) is 11.5 Å². The van der Waals surface area contributed by atoms with Gasteiger partial charge in [-0.05, 0) is 69.5 Å². The Bertz CT molecular complexity index is 972. The summed E-state index contributed by atoms with van der Waals surface area (Å²) in [7, 11) is 0. The predicted octanol–water partition coefficient (Wildman–Crippen LogP) is 6.39. The molecule has 0 fully saturated rings. The van der Waals surface area contributed by atoms with Gasteiger partial charge in [-0.3, -0.25) is 4.79 Å². The zero-order chi connectivity index (χ0) is 20.1. The van der Waals surface area contributed by atoms with Crippen molar-refractivity contribution >= 4 is 34.6 Å². The summed E-state index contributed by atoms with van der Waals surface area (Å²) >= 11 is 12.4. The fraction of sp³-hybridized carbons (Fsp3) is 0.318. The number of aliphatic hydroxyl groups excluding tert-OH is 1.